The number of aliphatic hydroxyl groups is 1. The topological polar surface area (TPSA) is 123 Å². The number of urea groups is 2. The van der Waals surface area contributed by atoms with Crippen LogP contribution < -0.4 is 20.7 Å². The highest BCUT2D eigenvalue weighted by molar-refractivity contribution is 5.99. The van der Waals surface area contributed by atoms with Crippen LogP contribution in [0.1, 0.15) is 70.2 Å². The van der Waals surface area contributed by atoms with E-state index >= 15 is 0 Å². The molecule has 1 saturated carbocycles. The van der Waals surface area contributed by atoms with Crippen molar-refractivity contribution in [1.29, 1.82) is 0 Å². The van der Waals surface area contributed by atoms with Crippen LogP contribution in [-0.4, -0.2) is 83.8 Å². The van der Waals surface area contributed by atoms with Gasteiger partial charge >= 0.3 is 12.1 Å². The Labute approximate surface area is 220 Å². The average Bonchev–Trinajstić information content (AvgIpc) is 2.86. The molecule has 0 radical (unpaired) electrons. The highest BCUT2D eigenvalue weighted by Crippen LogP contribution is 2.30. The first kappa shape index (κ1) is 28.6. The van der Waals surface area contributed by atoms with Crippen molar-refractivity contribution in [3.8, 4) is 5.75 Å². The molecule has 206 valence electrons. The standard InChI is InChI=1S/C27H43N5O5/c1-17(2)28-26(35)29-21-11-12-23-22(13-21)25(34)32(19(4)16-33)14-18(3)24(37-23)15-31(5)27(36)30-20-9-7-6-8-10-20/h11-13,17-20,24,33H,6-10,14-16H2,1-5H3,(H,30,36)(H2,28,29,35)/t18-,19-,24+/m1/s1. The Balaban J connectivity index is 1.82. The number of carbonyl (C=O) groups excluding carboxylic acids is 3. The van der Waals surface area contributed by atoms with Crippen LogP contribution >= 0.6 is 0 Å². The number of hydrogen-bond donors (Lipinski definition) is 4. The van der Waals surface area contributed by atoms with Crippen LogP contribution in [0.2, 0.25) is 0 Å². The molecule has 4 N–H and O–H groups in total. The molecule has 0 saturated heterocycles. The number of carbonyl (C=O) groups is 3. The van der Waals surface area contributed by atoms with Gasteiger partial charge in [-0.2, -0.15) is 0 Å². The van der Waals surface area contributed by atoms with Crippen LogP contribution in [0.5, 0.6) is 5.75 Å². The second-order valence-electron chi connectivity index (χ2n) is 10.8. The number of benzene rings is 1. The van der Waals surface area contributed by atoms with Gasteiger partial charge in [-0.15, -0.1) is 0 Å². The molecule has 0 aromatic heterocycles. The lowest BCUT2D eigenvalue weighted by Gasteiger charge is -2.38. The minimum atomic E-state index is -0.408. The number of anilines is 1. The van der Waals surface area contributed by atoms with Gasteiger partial charge in [-0.05, 0) is 51.8 Å². The van der Waals surface area contributed by atoms with Crippen molar-refractivity contribution in [3.63, 3.8) is 0 Å². The van der Waals surface area contributed by atoms with Gasteiger partial charge in [-0.3, -0.25) is 4.79 Å². The van der Waals surface area contributed by atoms with Crippen molar-refractivity contribution in [2.75, 3.05) is 32.1 Å². The van der Waals surface area contributed by atoms with E-state index in [-0.39, 0.29) is 48.7 Å². The number of ether oxygens (including phenoxy) is 1. The van der Waals surface area contributed by atoms with Gasteiger partial charge in [0.25, 0.3) is 5.91 Å². The molecule has 3 atom stereocenters. The van der Waals surface area contributed by atoms with Gasteiger partial charge in [0, 0.05) is 37.3 Å². The molecule has 10 nitrogen and oxygen atoms in total. The first-order chi connectivity index (χ1) is 17.6. The van der Waals surface area contributed by atoms with Crippen molar-refractivity contribution in [1.82, 2.24) is 20.4 Å². The van der Waals surface area contributed by atoms with E-state index < -0.39 is 6.04 Å². The van der Waals surface area contributed by atoms with Gasteiger partial charge in [0.05, 0.1) is 24.8 Å². The number of nitrogens with zero attached hydrogens (tertiary/aromatic N) is 2. The van der Waals surface area contributed by atoms with Gasteiger partial charge < -0.3 is 35.6 Å². The SMILES string of the molecule is CC(C)NC(=O)Nc1ccc2c(c1)C(=O)N([C@H](C)CO)C[C@@H](C)[C@H](CN(C)C(=O)NC1CCCCC1)O2. The molecule has 2 aliphatic rings. The first-order valence-corrected chi connectivity index (χ1v) is 13.4. The van der Waals surface area contributed by atoms with Gasteiger partial charge in [-0.25, -0.2) is 9.59 Å². The minimum Gasteiger partial charge on any atom is -0.487 e. The molecular formula is C27H43N5O5. The summed E-state index contributed by atoms with van der Waals surface area (Å²) in [6, 6.07) is 4.23. The van der Waals surface area contributed by atoms with Crippen LogP contribution in [0.25, 0.3) is 0 Å². The Morgan fingerprint density at radius 3 is 2.54 bits per heavy atom. The Kier molecular flexibility index (Phi) is 10.0. The Morgan fingerprint density at radius 2 is 1.89 bits per heavy atom. The van der Waals surface area contributed by atoms with E-state index in [1.165, 1.54) is 6.42 Å². The van der Waals surface area contributed by atoms with Gasteiger partial charge in [0.1, 0.15) is 11.9 Å². The van der Waals surface area contributed by atoms with Crippen LogP contribution in [0, 0.1) is 5.92 Å². The van der Waals surface area contributed by atoms with Crippen LogP contribution in [0.4, 0.5) is 15.3 Å². The van der Waals surface area contributed by atoms with E-state index in [0.717, 1.165) is 25.7 Å². The third kappa shape index (κ3) is 7.74. The molecule has 0 bridgehead atoms. The Bertz CT molecular complexity index is 949. The zero-order valence-electron chi connectivity index (χ0n) is 22.8. The number of likely N-dealkylation sites (N-methyl/N-ethyl adjacent to an activating group) is 1. The quantitative estimate of drug-likeness (QED) is 0.441. The highest BCUT2D eigenvalue weighted by atomic mass is 16.5. The summed E-state index contributed by atoms with van der Waals surface area (Å²) in [5.41, 5.74) is 0.758. The summed E-state index contributed by atoms with van der Waals surface area (Å²) in [6.07, 6.45) is 5.12. The zero-order valence-corrected chi connectivity index (χ0v) is 22.8. The summed E-state index contributed by atoms with van der Waals surface area (Å²) in [5, 5.41) is 18.5. The predicted molar refractivity (Wildman–Crippen MR) is 143 cm³/mol. The summed E-state index contributed by atoms with van der Waals surface area (Å²) in [7, 11) is 1.76. The summed E-state index contributed by atoms with van der Waals surface area (Å²) in [6.45, 7) is 8.01. The summed E-state index contributed by atoms with van der Waals surface area (Å²) >= 11 is 0. The van der Waals surface area contributed by atoms with Crippen molar-refractivity contribution in [2.45, 2.75) is 84.0 Å². The molecular weight excluding hydrogens is 474 g/mol. The van der Waals surface area contributed by atoms with Gasteiger partial charge in [0.15, 0.2) is 0 Å². The number of amides is 5. The lowest BCUT2D eigenvalue weighted by molar-refractivity contribution is 0.0366. The van der Waals surface area contributed by atoms with Crippen LogP contribution in [-0.2, 0) is 0 Å². The third-order valence-electron chi connectivity index (χ3n) is 7.08. The lowest BCUT2D eigenvalue weighted by Crippen LogP contribution is -2.52. The second-order valence-corrected chi connectivity index (χ2v) is 10.8. The Hall–Kier alpha value is -3.01. The van der Waals surface area contributed by atoms with Gasteiger partial charge in [0.2, 0.25) is 0 Å². The number of nitrogens with one attached hydrogen (secondary N) is 3. The minimum absolute atomic E-state index is 0.0373. The molecule has 37 heavy (non-hydrogen) atoms. The summed E-state index contributed by atoms with van der Waals surface area (Å²) in [5.74, 6) is -0.00332. The maximum Gasteiger partial charge on any atom is 0.319 e. The molecule has 3 rings (SSSR count). The number of hydrogen-bond acceptors (Lipinski definition) is 5. The lowest BCUT2D eigenvalue weighted by atomic mass is 9.96. The zero-order chi connectivity index (χ0) is 27.1. The third-order valence-corrected chi connectivity index (χ3v) is 7.08. The van der Waals surface area contributed by atoms with Gasteiger partial charge in [-0.1, -0.05) is 26.2 Å². The molecule has 1 aromatic rings. The molecule has 0 unspecified atom stereocenters. The fourth-order valence-electron chi connectivity index (χ4n) is 4.83. The van der Waals surface area contributed by atoms with Crippen molar-refractivity contribution < 1.29 is 24.2 Å². The predicted octanol–water partition coefficient (Wildman–Crippen LogP) is 3.41. The normalized spacial score (nSPS) is 21.3. The maximum atomic E-state index is 13.5. The molecule has 1 aliphatic heterocycles. The molecule has 1 fully saturated rings. The van der Waals surface area contributed by atoms with E-state index in [9.17, 15) is 19.5 Å². The largest absolute Gasteiger partial charge is 0.487 e. The van der Waals surface area contributed by atoms with Crippen LogP contribution in [0.3, 0.4) is 0 Å². The fraction of sp³-hybridized carbons (Fsp3) is 0.667. The molecule has 1 heterocycles. The van der Waals surface area contributed by atoms with Crippen molar-refractivity contribution in [3.05, 3.63) is 23.8 Å². The summed E-state index contributed by atoms with van der Waals surface area (Å²) < 4.78 is 6.36. The van der Waals surface area contributed by atoms with E-state index in [1.807, 2.05) is 20.8 Å². The first-order valence-electron chi connectivity index (χ1n) is 13.4. The smallest absolute Gasteiger partial charge is 0.319 e. The second kappa shape index (κ2) is 13.0. The Morgan fingerprint density at radius 1 is 1.19 bits per heavy atom. The molecule has 0 spiro atoms. The number of fused-ring (bicyclic) bond motifs is 1. The molecule has 1 aromatic carbocycles. The average molecular weight is 518 g/mol. The number of rotatable bonds is 7. The molecule has 1 aliphatic carbocycles. The van der Waals surface area contributed by atoms with E-state index in [0.29, 0.717) is 30.1 Å². The summed E-state index contributed by atoms with van der Waals surface area (Å²) in [4.78, 5) is 41.9. The fourth-order valence-corrected chi connectivity index (χ4v) is 4.83. The van der Waals surface area contributed by atoms with Crippen LogP contribution in [0.15, 0.2) is 18.2 Å². The number of aliphatic hydroxyl groups excluding tert-OH is 1. The molecule has 10 heteroatoms. The van der Waals surface area contributed by atoms with E-state index in [4.69, 9.17) is 4.74 Å². The van der Waals surface area contributed by atoms with Crippen molar-refractivity contribution in [2.24, 2.45) is 5.92 Å². The monoisotopic (exact) mass is 517 g/mol. The van der Waals surface area contributed by atoms with E-state index in [1.54, 1.807) is 42.0 Å². The molecule has 5 amide bonds. The highest BCUT2D eigenvalue weighted by Gasteiger charge is 2.34. The van der Waals surface area contributed by atoms with Crippen molar-refractivity contribution >= 4 is 23.7 Å². The van der Waals surface area contributed by atoms with E-state index in [2.05, 4.69) is 16.0 Å². The maximum absolute atomic E-state index is 13.5.